The monoisotopic (exact) mass is 430 g/mol. The number of pyridine rings is 2. The maximum Gasteiger partial charge on any atom is 0.256 e. The van der Waals surface area contributed by atoms with Gasteiger partial charge in [-0.2, -0.15) is 0 Å². The lowest BCUT2D eigenvalue weighted by molar-refractivity contribution is -0.165. The van der Waals surface area contributed by atoms with Crippen molar-refractivity contribution < 1.29 is 14.3 Å². The summed E-state index contributed by atoms with van der Waals surface area (Å²) in [4.78, 5) is 37.6. The van der Waals surface area contributed by atoms with Gasteiger partial charge in [0.2, 0.25) is 0 Å². The first-order valence-electron chi connectivity index (χ1n) is 10.5. The van der Waals surface area contributed by atoms with Gasteiger partial charge in [0.05, 0.1) is 13.2 Å². The Labute approximate surface area is 187 Å². The van der Waals surface area contributed by atoms with Crippen LogP contribution in [0, 0.1) is 0 Å². The molecule has 7 heteroatoms. The van der Waals surface area contributed by atoms with Crippen molar-refractivity contribution in [1.82, 2.24) is 19.8 Å². The zero-order valence-corrected chi connectivity index (χ0v) is 18.3. The van der Waals surface area contributed by atoms with Crippen LogP contribution < -0.4 is 0 Å². The Bertz CT molecular complexity index is 1070. The molecule has 0 N–H and O–H groups in total. The Morgan fingerprint density at radius 3 is 2.16 bits per heavy atom. The van der Waals surface area contributed by atoms with E-state index in [1.165, 1.54) is 4.90 Å². The molecule has 1 aliphatic heterocycles. The molecule has 2 aromatic heterocycles. The maximum absolute atomic E-state index is 13.3. The van der Waals surface area contributed by atoms with E-state index in [1.54, 1.807) is 55.9 Å². The van der Waals surface area contributed by atoms with Crippen LogP contribution in [0.2, 0.25) is 0 Å². The molecule has 3 heterocycles. The fourth-order valence-electron chi connectivity index (χ4n) is 4.04. The van der Waals surface area contributed by atoms with Crippen LogP contribution in [0.1, 0.15) is 15.9 Å². The number of nitrogens with zero attached hydrogens (tertiary/aromatic N) is 4. The predicted molar refractivity (Wildman–Crippen MR) is 121 cm³/mol. The predicted octanol–water partition coefficient (Wildman–Crippen LogP) is 2.69. The molecule has 0 bridgehead atoms. The molecule has 7 nitrogen and oxygen atoms in total. The van der Waals surface area contributed by atoms with E-state index >= 15 is 0 Å². The van der Waals surface area contributed by atoms with E-state index in [0.29, 0.717) is 25.1 Å². The number of rotatable bonds is 5. The minimum Gasteiger partial charge on any atom is -0.361 e. The van der Waals surface area contributed by atoms with Gasteiger partial charge in [0, 0.05) is 57.4 Å². The normalized spacial score (nSPS) is 18.2. The molecule has 1 aliphatic rings. The van der Waals surface area contributed by atoms with Crippen LogP contribution in [0.5, 0.6) is 0 Å². The minimum absolute atomic E-state index is 0.125. The van der Waals surface area contributed by atoms with Crippen molar-refractivity contribution in [3.8, 4) is 11.1 Å². The second-order valence-corrected chi connectivity index (χ2v) is 8.11. The van der Waals surface area contributed by atoms with Crippen LogP contribution in [-0.2, 0) is 16.0 Å². The summed E-state index contributed by atoms with van der Waals surface area (Å²) in [6.07, 6.45) is 7.09. The number of aromatic nitrogens is 2. The first kappa shape index (κ1) is 21.6. The summed E-state index contributed by atoms with van der Waals surface area (Å²) in [5.41, 5.74) is 2.53. The summed E-state index contributed by atoms with van der Waals surface area (Å²) in [7, 11) is 3.42. The number of ether oxygens (including phenoxy) is 1. The van der Waals surface area contributed by atoms with Crippen molar-refractivity contribution in [3.05, 3.63) is 84.4 Å². The van der Waals surface area contributed by atoms with Gasteiger partial charge in [-0.1, -0.05) is 24.3 Å². The van der Waals surface area contributed by atoms with Crippen LogP contribution in [0.4, 0.5) is 0 Å². The number of hydrogen-bond acceptors (Lipinski definition) is 5. The molecule has 4 rings (SSSR count). The second kappa shape index (κ2) is 9.28. The van der Waals surface area contributed by atoms with Crippen molar-refractivity contribution in [2.75, 3.05) is 33.8 Å². The molecule has 0 saturated carbocycles. The van der Waals surface area contributed by atoms with E-state index < -0.39 is 5.60 Å². The van der Waals surface area contributed by atoms with E-state index in [0.717, 1.165) is 16.7 Å². The number of carbonyl (C=O) groups is 2. The Kier molecular flexibility index (Phi) is 6.28. The smallest absolute Gasteiger partial charge is 0.256 e. The second-order valence-electron chi connectivity index (χ2n) is 8.11. The van der Waals surface area contributed by atoms with Crippen LogP contribution in [0.3, 0.4) is 0 Å². The van der Waals surface area contributed by atoms with Gasteiger partial charge in [0.15, 0.2) is 5.60 Å². The molecule has 1 fully saturated rings. The molecule has 0 aliphatic carbocycles. The van der Waals surface area contributed by atoms with Crippen LogP contribution >= 0.6 is 0 Å². The molecule has 0 radical (unpaired) electrons. The van der Waals surface area contributed by atoms with Crippen LogP contribution in [0.15, 0.2) is 73.3 Å². The lowest BCUT2D eigenvalue weighted by Crippen LogP contribution is -2.61. The first-order valence-corrected chi connectivity index (χ1v) is 10.5. The Morgan fingerprint density at radius 1 is 0.938 bits per heavy atom. The Balaban J connectivity index is 1.59. The summed E-state index contributed by atoms with van der Waals surface area (Å²) in [5.74, 6) is -0.275. The molecule has 3 aromatic rings. The molecule has 1 saturated heterocycles. The summed E-state index contributed by atoms with van der Waals surface area (Å²) >= 11 is 0. The van der Waals surface area contributed by atoms with Gasteiger partial charge in [-0.15, -0.1) is 0 Å². The highest BCUT2D eigenvalue weighted by Crippen LogP contribution is 2.28. The summed E-state index contributed by atoms with van der Waals surface area (Å²) in [6.45, 7) is 0.924. The topological polar surface area (TPSA) is 75.6 Å². The number of morpholine rings is 1. The average Bonchev–Trinajstić information content (AvgIpc) is 2.84. The van der Waals surface area contributed by atoms with Crippen molar-refractivity contribution in [2.45, 2.75) is 12.0 Å². The molecule has 2 amide bonds. The fourth-order valence-corrected chi connectivity index (χ4v) is 4.04. The lowest BCUT2D eigenvalue weighted by Gasteiger charge is -2.43. The number of carbonyl (C=O) groups excluding carboxylic acids is 2. The van der Waals surface area contributed by atoms with Gasteiger partial charge in [0.1, 0.15) is 0 Å². The quantitative estimate of drug-likeness (QED) is 0.622. The molecule has 32 heavy (non-hydrogen) atoms. The highest BCUT2D eigenvalue weighted by molar-refractivity contribution is 5.95. The number of hydrogen-bond donors (Lipinski definition) is 0. The fraction of sp³-hybridized carbons (Fsp3) is 0.280. The third kappa shape index (κ3) is 4.53. The molecular formula is C25H26N4O3. The number of likely N-dealkylation sites (N-methyl/N-ethyl adjacent to an activating group) is 1. The van der Waals surface area contributed by atoms with E-state index in [1.807, 2.05) is 36.4 Å². The minimum atomic E-state index is -1.14. The summed E-state index contributed by atoms with van der Waals surface area (Å²) in [6, 6.07) is 15.4. The number of benzene rings is 1. The SMILES string of the molecule is CN(C)C(=O)[C@]1(Cc2ccc(-c3ccncc3)cc2)CN(C(=O)c2ccncc2)CCO1. The molecule has 164 valence electrons. The summed E-state index contributed by atoms with van der Waals surface area (Å²) < 4.78 is 6.12. The molecular weight excluding hydrogens is 404 g/mol. The van der Waals surface area contributed by atoms with E-state index in [4.69, 9.17) is 4.74 Å². The third-order valence-corrected chi connectivity index (χ3v) is 5.65. The summed E-state index contributed by atoms with van der Waals surface area (Å²) in [5, 5.41) is 0. The highest BCUT2D eigenvalue weighted by Gasteiger charge is 2.46. The Morgan fingerprint density at radius 2 is 1.53 bits per heavy atom. The van der Waals surface area contributed by atoms with Gasteiger partial charge in [-0.05, 0) is 41.0 Å². The third-order valence-electron chi connectivity index (χ3n) is 5.65. The van der Waals surface area contributed by atoms with E-state index in [9.17, 15) is 9.59 Å². The zero-order chi connectivity index (χ0) is 22.6. The first-order chi connectivity index (χ1) is 15.5. The lowest BCUT2D eigenvalue weighted by atomic mass is 9.90. The molecule has 1 atom stereocenters. The molecule has 0 spiro atoms. The Hall–Kier alpha value is -3.58. The van der Waals surface area contributed by atoms with Gasteiger partial charge < -0.3 is 14.5 Å². The van der Waals surface area contributed by atoms with Gasteiger partial charge in [0.25, 0.3) is 11.8 Å². The highest BCUT2D eigenvalue weighted by atomic mass is 16.5. The van der Waals surface area contributed by atoms with Gasteiger partial charge in [-0.25, -0.2) is 0 Å². The number of amides is 2. The van der Waals surface area contributed by atoms with Gasteiger partial charge in [-0.3, -0.25) is 19.6 Å². The van der Waals surface area contributed by atoms with Crippen LogP contribution in [-0.4, -0.2) is 71.0 Å². The van der Waals surface area contributed by atoms with Crippen molar-refractivity contribution in [2.24, 2.45) is 0 Å². The van der Waals surface area contributed by atoms with Crippen molar-refractivity contribution >= 4 is 11.8 Å². The standard InChI is InChI=1S/C25H26N4O3/c1-28(2)24(31)25(17-19-3-5-20(6-4-19)21-7-11-26-12-8-21)18-29(15-16-32-25)23(30)22-9-13-27-14-10-22/h3-14H,15-18H2,1-2H3/t25-/m0/s1. The molecule has 0 unspecified atom stereocenters. The zero-order valence-electron chi connectivity index (χ0n) is 18.3. The van der Waals surface area contributed by atoms with Crippen LogP contribution in [0.25, 0.3) is 11.1 Å². The molecule has 1 aromatic carbocycles. The van der Waals surface area contributed by atoms with E-state index in [2.05, 4.69) is 9.97 Å². The maximum atomic E-state index is 13.3. The van der Waals surface area contributed by atoms with Crippen molar-refractivity contribution in [1.29, 1.82) is 0 Å². The van der Waals surface area contributed by atoms with E-state index in [-0.39, 0.29) is 18.4 Å². The van der Waals surface area contributed by atoms with Gasteiger partial charge >= 0.3 is 0 Å². The van der Waals surface area contributed by atoms with Crippen molar-refractivity contribution in [3.63, 3.8) is 0 Å². The largest absolute Gasteiger partial charge is 0.361 e. The average molecular weight is 431 g/mol.